The van der Waals surface area contributed by atoms with Gasteiger partial charge in [-0.15, -0.1) is 0 Å². The average molecular weight is 398 g/mol. The topological polar surface area (TPSA) is 79.4 Å². The highest BCUT2D eigenvalue weighted by molar-refractivity contribution is 5.98. The number of hydrogen-bond acceptors (Lipinski definition) is 4. The predicted octanol–water partition coefficient (Wildman–Crippen LogP) is 4.38. The fourth-order valence-corrected chi connectivity index (χ4v) is 3.45. The Morgan fingerprint density at radius 2 is 2.10 bits per heavy atom. The van der Waals surface area contributed by atoms with Gasteiger partial charge in [-0.25, -0.2) is 5.43 Å². The van der Waals surface area contributed by atoms with Crippen LogP contribution < -0.4 is 10.2 Å². The number of hydrogen-bond donors (Lipinski definition) is 2. The van der Waals surface area contributed by atoms with Gasteiger partial charge in [-0.05, 0) is 49.2 Å². The van der Waals surface area contributed by atoms with Crippen LogP contribution in [0.4, 0.5) is 0 Å². The number of fused-ring (bicyclic) bond motifs is 1. The van der Waals surface area contributed by atoms with Gasteiger partial charge >= 0.3 is 0 Å². The molecule has 6 heteroatoms. The Balaban J connectivity index is 1.45. The number of aromatic amines is 1. The second kappa shape index (κ2) is 8.61. The predicted molar refractivity (Wildman–Crippen MR) is 119 cm³/mol. The van der Waals surface area contributed by atoms with Gasteiger partial charge < -0.3 is 9.72 Å². The van der Waals surface area contributed by atoms with Crippen molar-refractivity contribution in [3.05, 3.63) is 83.8 Å². The molecule has 150 valence electrons. The molecule has 2 aromatic carbocycles. The minimum Gasteiger partial charge on any atom is -0.483 e. The van der Waals surface area contributed by atoms with Crippen molar-refractivity contribution in [2.75, 3.05) is 6.61 Å². The summed E-state index contributed by atoms with van der Waals surface area (Å²) in [5.74, 6) is 0.342. The summed E-state index contributed by atoms with van der Waals surface area (Å²) in [7, 11) is 0. The molecule has 2 N–H and O–H groups in total. The van der Waals surface area contributed by atoms with E-state index in [9.17, 15) is 4.79 Å². The van der Waals surface area contributed by atoms with E-state index in [0.29, 0.717) is 5.75 Å². The lowest BCUT2D eigenvalue weighted by Gasteiger charge is -2.15. The molecule has 0 bridgehead atoms. The third-order valence-electron chi connectivity index (χ3n) is 4.76. The molecule has 0 spiro atoms. The minimum absolute atomic E-state index is 0.136. The summed E-state index contributed by atoms with van der Waals surface area (Å²) in [6.07, 6.45) is 7.02. The number of amides is 1. The van der Waals surface area contributed by atoms with Gasteiger partial charge in [0.05, 0.1) is 6.21 Å². The monoisotopic (exact) mass is 398 g/mol. The Kier molecular flexibility index (Phi) is 5.57. The van der Waals surface area contributed by atoms with E-state index in [4.69, 9.17) is 4.74 Å². The maximum Gasteiger partial charge on any atom is 0.277 e. The van der Waals surface area contributed by atoms with Crippen molar-refractivity contribution >= 4 is 23.0 Å². The molecule has 0 aliphatic rings. The molecule has 0 unspecified atom stereocenters. The van der Waals surface area contributed by atoms with Crippen LogP contribution in [0.3, 0.4) is 0 Å². The second-order valence-electron chi connectivity index (χ2n) is 7.07. The standard InChI is InChI=1S/C24H22N4O2/c1-16-11-17(2)24(21(12-16)18-6-4-9-25-13-18)30-15-23(29)28-27-14-19-5-3-7-22-20(19)8-10-26-22/h3-14,26H,15H2,1-2H3,(H,28,29)/b27-14+. The van der Waals surface area contributed by atoms with Crippen molar-refractivity contribution in [2.45, 2.75) is 13.8 Å². The molecule has 0 aliphatic heterocycles. The Morgan fingerprint density at radius 1 is 1.20 bits per heavy atom. The van der Waals surface area contributed by atoms with Crippen LogP contribution in [0, 0.1) is 13.8 Å². The van der Waals surface area contributed by atoms with Crippen LogP contribution in [0.1, 0.15) is 16.7 Å². The zero-order valence-corrected chi connectivity index (χ0v) is 16.8. The van der Waals surface area contributed by atoms with Crippen molar-refractivity contribution in [3.63, 3.8) is 0 Å². The van der Waals surface area contributed by atoms with E-state index >= 15 is 0 Å². The van der Waals surface area contributed by atoms with E-state index in [2.05, 4.69) is 20.5 Å². The number of nitrogens with zero attached hydrogens (tertiary/aromatic N) is 2. The quantitative estimate of drug-likeness (QED) is 0.374. The molecule has 2 heterocycles. The third kappa shape index (κ3) is 4.22. The molecule has 0 atom stereocenters. The lowest BCUT2D eigenvalue weighted by molar-refractivity contribution is -0.123. The molecule has 0 radical (unpaired) electrons. The summed E-state index contributed by atoms with van der Waals surface area (Å²) in [4.78, 5) is 19.6. The molecule has 0 aliphatic carbocycles. The van der Waals surface area contributed by atoms with Crippen molar-refractivity contribution in [3.8, 4) is 16.9 Å². The largest absolute Gasteiger partial charge is 0.483 e. The number of ether oxygens (including phenoxy) is 1. The van der Waals surface area contributed by atoms with E-state index < -0.39 is 0 Å². The zero-order valence-electron chi connectivity index (χ0n) is 16.8. The first kappa shape index (κ1) is 19.4. The van der Waals surface area contributed by atoms with Crippen molar-refractivity contribution in [1.82, 2.24) is 15.4 Å². The Bertz CT molecular complexity index is 1210. The summed E-state index contributed by atoms with van der Waals surface area (Å²) in [6, 6.07) is 15.8. The summed E-state index contributed by atoms with van der Waals surface area (Å²) in [5, 5.41) is 5.12. The average Bonchev–Trinajstić information content (AvgIpc) is 3.23. The van der Waals surface area contributed by atoms with Crippen LogP contribution in [-0.2, 0) is 4.79 Å². The number of aryl methyl sites for hydroxylation is 2. The number of pyridine rings is 1. The molecular weight excluding hydrogens is 376 g/mol. The molecule has 0 saturated carbocycles. The van der Waals surface area contributed by atoms with Gasteiger partial charge in [0.15, 0.2) is 6.61 Å². The molecule has 30 heavy (non-hydrogen) atoms. The van der Waals surface area contributed by atoms with E-state index in [1.165, 1.54) is 0 Å². The van der Waals surface area contributed by atoms with Crippen LogP contribution in [-0.4, -0.2) is 28.7 Å². The highest BCUT2D eigenvalue weighted by Crippen LogP contribution is 2.33. The normalized spacial score (nSPS) is 11.1. The molecular formula is C24H22N4O2. The summed E-state index contributed by atoms with van der Waals surface area (Å²) in [5.41, 5.74) is 8.41. The van der Waals surface area contributed by atoms with Crippen LogP contribution >= 0.6 is 0 Å². The fraction of sp³-hybridized carbons (Fsp3) is 0.125. The van der Waals surface area contributed by atoms with Gasteiger partial charge in [-0.1, -0.05) is 24.3 Å². The molecule has 6 nitrogen and oxygen atoms in total. The van der Waals surface area contributed by atoms with Gasteiger partial charge in [0.25, 0.3) is 5.91 Å². The smallest absolute Gasteiger partial charge is 0.277 e. The Hall–Kier alpha value is -3.93. The number of nitrogens with one attached hydrogen (secondary N) is 2. The third-order valence-corrected chi connectivity index (χ3v) is 4.76. The van der Waals surface area contributed by atoms with Crippen LogP contribution in [0.5, 0.6) is 5.75 Å². The number of benzene rings is 2. The maximum atomic E-state index is 12.3. The van der Waals surface area contributed by atoms with Crippen molar-refractivity contribution in [2.24, 2.45) is 5.10 Å². The first-order chi connectivity index (χ1) is 14.6. The second-order valence-corrected chi connectivity index (χ2v) is 7.07. The first-order valence-corrected chi connectivity index (χ1v) is 9.64. The maximum absolute atomic E-state index is 12.3. The van der Waals surface area contributed by atoms with E-state index in [1.54, 1.807) is 18.6 Å². The zero-order chi connectivity index (χ0) is 20.9. The number of aromatic nitrogens is 2. The molecule has 1 amide bonds. The lowest BCUT2D eigenvalue weighted by Crippen LogP contribution is -2.25. The summed E-state index contributed by atoms with van der Waals surface area (Å²) < 4.78 is 5.88. The number of H-pyrrole nitrogens is 1. The first-order valence-electron chi connectivity index (χ1n) is 9.64. The molecule has 0 fully saturated rings. The van der Waals surface area contributed by atoms with Crippen molar-refractivity contribution < 1.29 is 9.53 Å². The number of hydrazone groups is 1. The SMILES string of the molecule is Cc1cc(C)c(OCC(=O)N/N=C/c2cccc3[nH]ccc23)c(-c2cccnc2)c1. The van der Waals surface area contributed by atoms with Crippen LogP contribution in [0.15, 0.2) is 72.2 Å². The van der Waals surface area contributed by atoms with Gasteiger partial charge in [0, 0.05) is 46.2 Å². The summed E-state index contributed by atoms with van der Waals surface area (Å²) >= 11 is 0. The van der Waals surface area contributed by atoms with Gasteiger partial charge in [-0.2, -0.15) is 5.10 Å². The number of carbonyl (C=O) groups excluding carboxylic acids is 1. The van der Waals surface area contributed by atoms with Crippen LogP contribution in [0.25, 0.3) is 22.0 Å². The number of rotatable bonds is 6. The lowest BCUT2D eigenvalue weighted by atomic mass is 10.0. The summed E-state index contributed by atoms with van der Waals surface area (Å²) in [6.45, 7) is 3.86. The van der Waals surface area contributed by atoms with Gasteiger partial charge in [-0.3, -0.25) is 9.78 Å². The van der Waals surface area contributed by atoms with Crippen molar-refractivity contribution in [1.29, 1.82) is 0 Å². The fourth-order valence-electron chi connectivity index (χ4n) is 3.45. The molecule has 0 saturated heterocycles. The van der Waals surface area contributed by atoms with Crippen LogP contribution in [0.2, 0.25) is 0 Å². The molecule has 4 aromatic rings. The Labute approximate surface area is 174 Å². The van der Waals surface area contributed by atoms with E-state index in [-0.39, 0.29) is 12.5 Å². The Morgan fingerprint density at radius 3 is 2.93 bits per heavy atom. The molecule has 2 aromatic heterocycles. The minimum atomic E-state index is -0.329. The van der Waals surface area contributed by atoms with E-state index in [0.717, 1.165) is 38.7 Å². The van der Waals surface area contributed by atoms with E-state index in [1.807, 2.05) is 68.6 Å². The highest BCUT2D eigenvalue weighted by atomic mass is 16.5. The number of carbonyl (C=O) groups is 1. The van der Waals surface area contributed by atoms with Gasteiger partial charge in [0.2, 0.25) is 0 Å². The van der Waals surface area contributed by atoms with Gasteiger partial charge in [0.1, 0.15) is 5.75 Å². The highest BCUT2D eigenvalue weighted by Gasteiger charge is 2.12. The molecule has 4 rings (SSSR count).